The average Bonchev–Trinajstić information content (AvgIpc) is 3.16. The first kappa shape index (κ1) is 17.4. The third kappa shape index (κ3) is 3.33. The number of fused-ring (bicyclic) bond motifs is 1. The van der Waals surface area contributed by atoms with E-state index in [1.54, 1.807) is 13.1 Å². The van der Waals surface area contributed by atoms with Gasteiger partial charge in [0.2, 0.25) is 5.91 Å². The number of piperazine rings is 1. The maximum absolute atomic E-state index is 11.5. The van der Waals surface area contributed by atoms with Crippen LogP contribution >= 0.6 is 0 Å². The fourth-order valence-corrected chi connectivity index (χ4v) is 3.57. The molecule has 0 spiro atoms. The summed E-state index contributed by atoms with van der Waals surface area (Å²) < 4.78 is 0. The van der Waals surface area contributed by atoms with Gasteiger partial charge in [-0.1, -0.05) is 18.2 Å². The molecule has 3 aromatic rings. The monoisotopic (exact) mass is 387 g/mol. The third-order valence-corrected chi connectivity index (χ3v) is 5.33. The number of hydrogen-bond donors (Lipinski definition) is 2. The van der Waals surface area contributed by atoms with E-state index in [-0.39, 0.29) is 5.91 Å². The Morgan fingerprint density at radius 3 is 2.52 bits per heavy atom. The second-order valence-corrected chi connectivity index (χ2v) is 7.17. The highest BCUT2D eigenvalue weighted by Gasteiger charge is 2.19. The Balaban J connectivity index is 1.34. The topological polar surface area (TPSA) is 90.0 Å². The van der Waals surface area contributed by atoms with E-state index in [1.807, 2.05) is 35.3 Å². The fraction of sp³-hybridized carbons (Fsp3) is 0.238. The Morgan fingerprint density at radius 2 is 1.86 bits per heavy atom. The van der Waals surface area contributed by atoms with Crippen molar-refractivity contribution in [1.82, 2.24) is 25.1 Å². The van der Waals surface area contributed by atoms with E-state index in [4.69, 9.17) is 0 Å². The van der Waals surface area contributed by atoms with Gasteiger partial charge in [0.05, 0.1) is 6.20 Å². The number of allylic oxidation sites excluding steroid dienone is 4. The highest BCUT2D eigenvalue weighted by Crippen LogP contribution is 2.27. The van der Waals surface area contributed by atoms with Gasteiger partial charge >= 0.3 is 0 Å². The summed E-state index contributed by atoms with van der Waals surface area (Å²) in [7, 11) is 0. The highest BCUT2D eigenvalue weighted by atomic mass is 16.2. The van der Waals surface area contributed by atoms with Crippen LogP contribution in [0.3, 0.4) is 0 Å². The minimum atomic E-state index is 0.145. The predicted octanol–water partition coefficient (Wildman–Crippen LogP) is 2.72. The summed E-state index contributed by atoms with van der Waals surface area (Å²) >= 11 is 0. The second kappa shape index (κ2) is 7.05. The van der Waals surface area contributed by atoms with Crippen LogP contribution in [0.15, 0.2) is 48.7 Å². The van der Waals surface area contributed by atoms with Crippen molar-refractivity contribution in [2.75, 3.05) is 36.4 Å². The lowest BCUT2D eigenvalue weighted by Crippen LogP contribution is -2.48. The van der Waals surface area contributed by atoms with E-state index in [1.165, 1.54) is 0 Å². The molecular formula is C21H21N7O. The fourth-order valence-electron chi connectivity index (χ4n) is 3.57. The summed E-state index contributed by atoms with van der Waals surface area (Å²) in [5.41, 5.74) is 4.66. The molecule has 0 saturated carbocycles. The summed E-state index contributed by atoms with van der Waals surface area (Å²) in [5, 5.41) is 10.5. The maximum atomic E-state index is 11.5. The lowest BCUT2D eigenvalue weighted by atomic mass is 10.1. The smallest absolute Gasteiger partial charge is 0.219 e. The van der Waals surface area contributed by atoms with Crippen molar-refractivity contribution in [2.45, 2.75) is 6.92 Å². The molecule has 8 nitrogen and oxygen atoms in total. The van der Waals surface area contributed by atoms with Gasteiger partial charge < -0.3 is 15.1 Å². The molecule has 2 N–H and O–H groups in total. The average molecular weight is 387 g/mol. The van der Waals surface area contributed by atoms with Crippen molar-refractivity contribution >= 4 is 39.7 Å². The summed E-state index contributed by atoms with van der Waals surface area (Å²) in [6.45, 7) is 4.85. The molecule has 0 bridgehead atoms. The predicted molar refractivity (Wildman–Crippen MR) is 113 cm³/mol. The lowest BCUT2D eigenvalue weighted by Gasteiger charge is -2.35. The summed E-state index contributed by atoms with van der Waals surface area (Å²) in [4.78, 5) is 24.9. The molecule has 0 unspecified atom stereocenters. The number of carbonyl (C=O) groups excluding carboxylic acids is 1. The van der Waals surface area contributed by atoms with E-state index in [9.17, 15) is 4.79 Å². The summed E-state index contributed by atoms with van der Waals surface area (Å²) in [5.74, 6) is 1.53. The van der Waals surface area contributed by atoms with Gasteiger partial charge in [-0.05, 0) is 24.3 Å². The summed E-state index contributed by atoms with van der Waals surface area (Å²) in [6.07, 6.45) is 7.66. The Labute approximate surface area is 167 Å². The Morgan fingerprint density at radius 1 is 1.10 bits per heavy atom. The van der Waals surface area contributed by atoms with Crippen LogP contribution in [-0.4, -0.2) is 57.2 Å². The molecule has 2 aromatic heterocycles. The minimum absolute atomic E-state index is 0.145. The number of aromatic amines is 1. The number of amides is 1. The van der Waals surface area contributed by atoms with E-state index in [0.29, 0.717) is 11.6 Å². The molecule has 5 rings (SSSR count). The molecule has 3 heterocycles. The van der Waals surface area contributed by atoms with Crippen LogP contribution in [0.5, 0.6) is 0 Å². The standard InChI is InChI=1S/C21H21N7O/c1-14(29)27-9-11-28(12-10-27)17-7-5-16(6-8-17)23-21-19-18(13-22-26-19)24-20(25-21)15-3-2-4-15/h2-8,13H,9-12H2,1H3,(H,22,26)(H,23,24,25). The van der Waals surface area contributed by atoms with Crippen LogP contribution in [-0.2, 0) is 4.79 Å². The van der Waals surface area contributed by atoms with Crippen molar-refractivity contribution in [3.8, 4) is 0 Å². The lowest BCUT2D eigenvalue weighted by molar-refractivity contribution is -0.129. The van der Waals surface area contributed by atoms with E-state index < -0.39 is 0 Å². The van der Waals surface area contributed by atoms with Gasteiger partial charge in [-0.3, -0.25) is 9.89 Å². The first-order chi connectivity index (χ1) is 14.2. The van der Waals surface area contributed by atoms with Gasteiger partial charge in [-0.15, -0.1) is 0 Å². The van der Waals surface area contributed by atoms with Crippen LogP contribution in [0.1, 0.15) is 12.7 Å². The zero-order valence-corrected chi connectivity index (χ0v) is 16.1. The molecule has 8 heteroatoms. The highest BCUT2D eigenvalue weighted by molar-refractivity contribution is 5.89. The van der Waals surface area contributed by atoms with Crippen molar-refractivity contribution in [3.63, 3.8) is 0 Å². The first-order valence-electron chi connectivity index (χ1n) is 9.65. The number of carbonyl (C=O) groups is 1. The molecule has 1 fully saturated rings. The number of aromatic nitrogens is 4. The Bertz CT molecular complexity index is 1120. The number of anilines is 3. The number of rotatable bonds is 4. The van der Waals surface area contributed by atoms with Gasteiger partial charge in [-0.25, -0.2) is 9.97 Å². The van der Waals surface area contributed by atoms with Crippen LogP contribution in [0, 0.1) is 0 Å². The van der Waals surface area contributed by atoms with E-state index in [0.717, 1.165) is 54.2 Å². The molecule has 1 aliphatic carbocycles. The molecule has 1 aliphatic heterocycles. The number of nitrogens with one attached hydrogen (secondary N) is 2. The minimum Gasteiger partial charge on any atom is -0.368 e. The Hall–Kier alpha value is -3.68. The molecule has 0 radical (unpaired) electrons. The molecule has 0 atom stereocenters. The molecule has 146 valence electrons. The largest absolute Gasteiger partial charge is 0.368 e. The van der Waals surface area contributed by atoms with Crippen molar-refractivity contribution in [2.24, 2.45) is 0 Å². The normalized spacial score (nSPS) is 16.0. The molecule has 29 heavy (non-hydrogen) atoms. The molecule has 2 aliphatic rings. The SMILES string of the molecule is CC(=O)N1CCN(c2ccc(Nc3nc(C4=CC=C4)nc4cn[nH]c34)cc2)CC1. The number of benzene rings is 1. The molecule has 1 amide bonds. The van der Waals surface area contributed by atoms with Crippen LogP contribution in [0.4, 0.5) is 17.2 Å². The zero-order chi connectivity index (χ0) is 19.8. The van der Waals surface area contributed by atoms with Crippen LogP contribution < -0.4 is 10.2 Å². The van der Waals surface area contributed by atoms with Crippen LogP contribution in [0.25, 0.3) is 16.6 Å². The molecular weight excluding hydrogens is 366 g/mol. The maximum Gasteiger partial charge on any atom is 0.219 e. The van der Waals surface area contributed by atoms with Crippen molar-refractivity contribution in [3.05, 3.63) is 54.5 Å². The Kier molecular flexibility index (Phi) is 4.23. The van der Waals surface area contributed by atoms with Gasteiger partial charge in [-0.2, -0.15) is 5.10 Å². The molecule has 1 saturated heterocycles. The summed E-state index contributed by atoms with van der Waals surface area (Å²) in [6, 6.07) is 8.27. The van der Waals surface area contributed by atoms with Crippen molar-refractivity contribution in [1.29, 1.82) is 0 Å². The van der Waals surface area contributed by atoms with Gasteiger partial charge in [0.15, 0.2) is 11.6 Å². The van der Waals surface area contributed by atoms with E-state index in [2.05, 4.69) is 42.5 Å². The first-order valence-corrected chi connectivity index (χ1v) is 9.65. The van der Waals surface area contributed by atoms with Gasteiger partial charge in [0.25, 0.3) is 0 Å². The van der Waals surface area contributed by atoms with Gasteiger partial charge in [0.1, 0.15) is 11.0 Å². The van der Waals surface area contributed by atoms with Crippen molar-refractivity contribution < 1.29 is 4.79 Å². The van der Waals surface area contributed by atoms with E-state index >= 15 is 0 Å². The van der Waals surface area contributed by atoms with Gasteiger partial charge in [0, 0.05) is 50.1 Å². The zero-order valence-electron chi connectivity index (χ0n) is 16.1. The number of hydrogen-bond acceptors (Lipinski definition) is 6. The number of nitrogens with zero attached hydrogens (tertiary/aromatic N) is 5. The van der Waals surface area contributed by atoms with Crippen LogP contribution in [0.2, 0.25) is 0 Å². The third-order valence-electron chi connectivity index (χ3n) is 5.33. The second-order valence-electron chi connectivity index (χ2n) is 7.17. The quantitative estimate of drug-likeness (QED) is 0.715. The number of H-pyrrole nitrogens is 1. The molecule has 1 aromatic carbocycles.